The van der Waals surface area contributed by atoms with E-state index in [4.69, 9.17) is 5.73 Å². The third-order valence-corrected chi connectivity index (χ3v) is 6.07. The van der Waals surface area contributed by atoms with Gasteiger partial charge < -0.3 is 15.5 Å². The molecule has 2 aliphatic rings. The molecular formula is C20H33N5O. The number of pyridine rings is 1. The molecule has 0 aliphatic carbocycles. The molecule has 1 atom stereocenters. The number of likely N-dealkylation sites (tertiary alicyclic amines) is 1. The molecular weight excluding hydrogens is 326 g/mol. The molecule has 1 amide bonds. The van der Waals surface area contributed by atoms with Crippen LogP contribution in [0, 0.1) is 0 Å². The third-order valence-electron chi connectivity index (χ3n) is 6.07. The first-order valence-corrected chi connectivity index (χ1v) is 9.97. The molecule has 2 fully saturated rings. The van der Waals surface area contributed by atoms with Gasteiger partial charge in [0.15, 0.2) is 5.69 Å². The van der Waals surface area contributed by atoms with Gasteiger partial charge in [-0.1, -0.05) is 0 Å². The molecule has 0 radical (unpaired) electrons. The van der Waals surface area contributed by atoms with Gasteiger partial charge in [0.05, 0.1) is 5.69 Å². The topological polar surface area (TPSA) is 65.7 Å². The van der Waals surface area contributed by atoms with Crippen molar-refractivity contribution in [1.29, 1.82) is 0 Å². The van der Waals surface area contributed by atoms with Crippen molar-refractivity contribution in [3.63, 3.8) is 0 Å². The Morgan fingerprint density at radius 1 is 1.15 bits per heavy atom. The first kappa shape index (κ1) is 19.1. The monoisotopic (exact) mass is 359 g/mol. The summed E-state index contributed by atoms with van der Waals surface area (Å²) in [5, 5.41) is 0. The maximum absolute atomic E-state index is 11.8. The highest BCUT2D eigenvalue weighted by Crippen LogP contribution is 2.26. The van der Waals surface area contributed by atoms with E-state index >= 15 is 0 Å². The fraction of sp³-hybridized carbons (Fsp3) is 0.700. The number of hydrogen-bond acceptors (Lipinski definition) is 5. The summed E-state index contributed by atoms with van der Waals surface area (Å²) in [6.45, 7) is 12.3. The number of carbonyl (C=O) groups is 1. The Labute approximate surface area is 157 Å². The zero-order valence-corrected chi connectivity index (χ0v) is 16.4. The predicted octanol–water partition coefficient (Wildman–Crippen LogP) is 1.95. The number of primary amides is 1. The average Bonchev–Trinajstić information content (AvgIpc) is 2.83. The highest BCUT2D eigenvalue weighted by molar-refractivity contribution is 5.96. The average molecular weight is 360 g/mol. The minimum atomic E-state index is -0.449. The largest absolute Gasteiger partial charge is 0.366 e. The van der Waals surface area contributed by atoms with Crippen LogP contribution in [0.2, 0.25) is 0 Å². The minimum absolute atomic E-state index is 0.373. The standard InChI is InChI=1S/C20H33N5O/c1-15(2)23-11-7-17(8-12-23)24-10-6-16(3)25(14-13-24)18-5-4-9-22-19(18)20(21)26/h4-5,9,15-17H,6-8,10-14H2,1-3H3,(H2,21,26). The molecule has 0 aromatic carbocycles. The molecule has 144 valence electrons. The Hall–Kier alpha value is -1.66. The van der Waals surface area contributed by atoms with E-state index in [9.17, 15) is 4.79 Å². The van der Waals surface area contributed by atoms with E-state index in [1.807, 2.05) is 12.1 Å². The number of carbonyl (C=O) groups excluding carboxylic acids is 1. The van der Waals surface area contributed by atoms with Crippen LogP contribution in [-0.2, 0) is 0 Å². The lowest BCUT2D eigenvalue weighted by molar-refractivity contribution is 0.0960. The van der Waals surface area contributed by atoms with E-state index < -0.39 is 5.91 Å². The summed E-state index contributed by atoms with van der Waals surface area (Å²) >= 11 is 0. The molecule has 1 aromatic rings. The molecule has 3 heterocycles. The summed E-state index contributed by atoms with van der Waals surface area (Å²) in [5.74, 6) is -0.449. The number of anilines is 1. The smallest absolute Gasteiger partial charge is 0.269 e. The Morgan fingerprint density at radius 2 is 1.88 bits per heavy atom. The molecule has 2 aliphatic heterocycles. The second kappa shape index (κ2) is 8.35. The molecule has 1 unspecified atom stereocenters. The number of nitrogens with two attached hydrogens (primary N) is 1. The normalized spacial score (nSPS) is 24.0. The van der Waals surface area contributed by atoms with Crippen LogP contribution in [0.25, 0.3) is 0 Å². The van der Waals surface area contributed by atoms with Crippen LogP contribution in [0.1, 0.15) is 50.5 Å². The molecule has 6 nitrogen and oxygen atoms in total. The van der Waals surface area contributed by atoms with Gasteiger partial charge in [-0.15, -0.1) is 0 Å². The molecule has 0 saturated carbocycles. The van der Waals surface area contributed by atoms with Gasteiger partial charge in [-0.2, -0.15) is 0 Å². The van der Waals surface area contributed by atoms with Gasteiger partial charge in [-0.3, -0.25) is 9.69 Å². The molecule has 2 N–H and O–H groups in total. The molecule has 26 heavy (non-hydrogen) atoms. The number of aromatic nitrogens is 1. The third kappa shape index (κ3) is 4.18. The van der Waals surface area contributed by atoms with Crippen molar-refractivity contribution in [3.05, 3.63) is 24.0 Å². The van der Waals surface area contributed by atoms with Crippen molar-refractivity contribution in [3.8, 4) is 0 Å². The Morgan fingerprint density at radius 3 is 2.54 bits per heavy atom. The Kier molecular flexibility index (Phi) is 6.14. The minimum Gasteiger partial charge on any atom is -0.366 e. The number of hydrogen-bond donors (Lipinski definition) is 1. The number of piperidine rings is 1. The summed E-state index contributed by atoms with van der Waals surface area (Å²) in [4.78, 5) is 23.5. The molecule has 3 rings (SSSR count). The van der Waals surface area contributed by atoms with Crippen molar-refractivity contribution in [2.75, 3.05) is 37.6 Å². The first-order valence-electron chi connectivity index (χ1n) is 9.97. The van der Waals surface area contributed by atoms with Crippen LogP contribution in [-0.4, -0.2) is 71.5 Å². The summed E-state index contributed by atoms with van der Waals surface area (Å²) in [7, 11) is 0. The fourth-order valence-electron chi connectivity index (χ4n) is 4.39. The van der Waals surface area contributed by atoms with Crippen molar-refractivity contribution >= 4 is 11.6 Å². The highest BCUT2D eigenvalue weighted by Gasteiger charge is 2.30. The van der Waals surface area contributed by atoms with Crippen LogP contribution in [0.3, 0.4) is 0 Å². The van der Waals surface area contributed by atoms with E-state index in [2.05, 4.69) is 40.5 Å². The Balaban J connectivity index is 1.67. The molecule has 6 heteroatoms. The summed E-state index contributed by atoms with van der Waals surface area (Å²) in [6, 6.07) is 5.56. The SMILES string of the molecule is CC(C)N1CCC(N2CCC(C)N(c3cccnc3C(N)=O)CC2)CC1. The van der Waals surface area contributed by atoms with Crippen LogP contribution in [0.4, 0.5) is 5.69 Å². The van der Waals surface area contributed by atoms with Crippen molar-refractivity contribution in [2.24, 2.45) is 5.73 Å². The first-order chi connectivity index (χ1) is 12.5. The van der Waals surface area contributed by atoms with Crippen molar-refractivity contribution < 1.29 is 4.79 Å². The van der Waals surface area contributed by atoms with Gasteiger partial charge >= 0.3 is 0 Å². The van der Waals surface area contributed by atoms with E-state index in [0.717, 1.165) is 31.7 Å². The zero-order valence-electron chi connectivity index (χ0n) is 16.4. The molecule has 0 spiro atoms. The second-order valence-electron chi connectivity index (χ2n) is 7.96. The lowest BCUT2D eigenvalue weighted by Crippen LogP contribution is -2.47. The maximum Gasteiger partial charge on any atom is 0.269 e. The zero-order chi connectivity index (χ0) is 18.7. The van der Waals surface area contributed by atoms with Crippen molar-refractivity contribution in [2.45, 2.75) is 58.2 Å². The maximum atomic E-state index is 11.8. The van der Waals surface area contributed by atoms with Gasteiger partial charge in [0.25, 0.3) is 5.91 Å². The van der Waals surface area contributed by atoms with Crippen LogP contribution in [0.5, 0.6) is 0 Å². The molecule has 0 bridgehead atoms. The molecule has 2 saturated heterocycles. The van der Waals surface area contributed by atoms with Crippen LogP contribution < -0.4 is 10.6 Å². The van der Waals surface area contributed by atoms with Crippen molar-refractivity contribution in [1.82, 2.24) is 14.8 Å². The second-order valence-corrected chi connectivity index (χ2v) is 7.96. The lowest BCUT2D eigenvalue weighted by Gasteiger charge is -2.39. The quantitative estimate of drug-likeness (QED) is 0.890. The van der Waals surface area contributed by atoms with E-state index in [1.54, 1.807) is 6.20 Å². The van der Waals surface area contributed by atoms with Crippen LogP contribution >= 0.6 is 0 Å². The van der Waals surface area contributed by atoms with E-state index in [0.29, 0.717) is 23.8 Å². The van der Waals surface area contributed by atoms with Gasteiger partial charge in [0.2, 0.25) is 0 Å². The highest BCUT2D eigenvalue weighted by atomic mass is 16.1. The van der Waals surface area contributed by atoms with Gasteiger partial charge in [0, 0.05) is 44.0 Å². The summed E-state index contributed by atoms with van der Waals surface area (Å²) < 4.78 is 0. The Bertz CT molecular complexity index is 612. The lowest BCUT2D eigenvalue weighted by atomic mass is 10.0. The van der Waals surface area contributed by atoms with Gasteiger partial charge in [-0.05, 0) is 65.3 Å². The van der Waals surface area contributed by atoms with Gasteiger partial charge in [0.1, 0.15) is 0 Å². The number of rotatable bonds is 4. The number of amides is 1. The fourth-order valence-corrected chi connectivity index (χ4v) is 4.39. The summed E-state index contributed by atoms with van der Waals surface area (Å²) in [6.07, 6.45) is 5.25. The van der Waals surface area contributed by atoms with E-state index in [1.165, 1.54) is 25.9 Å². The summed E-state index contributed by atoms with van der Waals surface area (Å²) in [5.41, 5.74) is 6.81. The number of nitrogens with zero attached hydrogens (tertiary/aromatic N) is 4. The van der Waals surface area contributed by atoms with Crippen LogP contribution in [0.15, 0.2) is 18.3 Å². The molecule has 1 aromatic heterocycles. The van der Waals surface area contributed by atoms with Gasteiger partial charge in [-0.25, -0.2) is 4.98 Å². The van der Waals surface area contributed by atoms with E-state index in [-0.39, 0.29) is 0 Å². The predicted molar refractivity (Wildman–Crippen MR) is 105 cm³/mol.